The van der Waals surface area contributed by atoms with Gasteiger partial charge in [-0.25, -0.2) is 19.5 Å². The van der Waals surface area contributed by atoms with Crippen molar-refractivity contribution in [1.29, 1.82) is 0 Å². The summed E-state index contributed by atoms with van der Waals surface area (Å²) < 4.78 is 81.4. The molecule has 9 nitrogen and oxygen atoms in total. The summed E-state index contributed by atoms with van der Waals surface area (Å²) in [4.78, 5) is 10.2. The molecule has 1 unspecified atom stereocenters. The Morgan fingerprint density at radius 2 is 2.00 bits per heavy atom. The number of hydrogen-bond donors (Lipinski definition) is 2. The van der Waals surface area contributed by atoms with E-state index in [2.05, 4.69) is 9.97 Å². The zero-order chi connectivity index (χ0) is 23.5. The third-order valence-corrected chi connectivity index (χ3v) is 7.14. The monoisotopic (exact) mass is 479 g/mol. The first-order valence-corrected chi connectivity index (χ1v) is 11.1. The number of alkyl halides is 3. The summed E-state index contributed by atoms with van der Waals surface area (Å²) in [7, 11) is -3.09. The highest BCUT2D eigenvalue weighted by atomic mass is 32.2. The summed E-state index contributed by atoms with van der Waals surface area (Å²) in [6.07, 6.45) is -5.87. The van der Waals surface area contributed by atoms with Gasteiger partial charge in [0, 0.05) is 36.0 Å². The highest BCUT2D eigenvalue weighted by molar-refractivity contribution is 7.86. The number of fused-ring (bicyclic) bond motifs is 1. The lowest BCUT2D eigenvalue weighted by Gasteiger charge is -2.61. The molecule has 1 saturated carbocycles. The quantitative estimate of drug-likeness (QED) is 0.597. The van der Waals surface area contributed by atoms with Crippen LogP contribution in [0.4, 0.5) is 23.4 Å². The predicted octanol–water partition coefficient (Wildman–Crippen LogP) is 1.18. The number of nitrogens with two attached hydrogens (primary N) is 1. The molecule has 4 rings (SSSR count). The molecule has 0 bridgehead atoms. The summed E-state index contributed by atoms with van der Waals surface area (Å²) in [5.74, 6) is -0.0170. The lowest BCUT2D eigenvalue weighted by atomic mass is 9.60. The van der Waals surface area contributed by atoms with Crippen LogP contribution < -0.4 is 14.8 Å². The number of methoxy groups -OCH3 is 1. The molecule has 1 aromatic heterocycles. The summed E-state index contributed by atoms with van der Waals surface area (Å²) in [5, 5.41) is 14.9. The molecule has 32 heavy (non-hydrogen) atoms. The fourth-order valence-electron chi connectivity index (χ4n) is 4.50. The average molecular weight is 479 g/mol. The van der Waals surface area contributed by atoms with Crippen LogP contribution in [-0.4, -0.2) is 72.9 Å². The van der Waals surface area contributed by atoms with Gasteiger partial charge in [-0.3, -0.25) is 0 Å². The van der Waals surface area contributed by atoms with E-state index in [0.717, 1.165) is 0 Å². The fourth-order valence-corrected chi connectivity index (χ4v) is 5.42. The van der Waals surface area contributed by atoms with Gasteiger partial charge in [-0.1, -0.05) is 0 Å². The Labute approximate surface area is 181 Å². The maximum atomic E-state index is 14.2. The highest BCUT2D eigenvalue weighted by Crippen LogP contribution is 2.52. The molecule has 1 aliphatic carbocycles. The van der Waals surface area contributed by atoms with E-state index in [-0.39, 0.29) is 24.0 Å². The number of aliphatic hydroxyl groups excluding tert-OH is 1. The van der Waals surface area contributed by atoms with E-state index in [0.29, 0.717) is 34.1 Å². The Bertz CT molecular complexity index is 1130. The number of aliphatic hydroxyl groups is 1. The van der Waals surface area contributed by atoms with Gasteiger partial charge in [0.15, 0.2) is 17.7 Å². The predicted molar refractivity (Wildman–Crippen MR) is 106 cm³/mol. The topological polar surface area (TPSA) is 122 Å². The first-order valence-electron chi connectivity index (χ1n) is 9.60. The van der Waals surface area contributed by atoms with Crippen molar-refractivity contribution in [1.82, 2.24) is 14.3 Å². The smallest absolute Gasteiger partial charge is 0.415 e. The molecule has 2 aromatic rings. The molecule has 2 fully saturated rings. The minimum Gasteiger partial charge on any atom is -0.494 e. The Morgan fingerprint density at radius 1 is 1.34 bits per heavy atom. The molecule has 1 aliphatic heterocycles. The average Bonchev–Trinajstić information content (AvgIpc) is 2.62. The number of ether oxygens (including phenoxy) is 1. The number of hydrogen-bond acceptors (Lipinski definition) is 7. The molecular weight excluding hydrogens is 458 g/mol. The van der Waals surface area contributed by atoms with E-state index in [1.807, 2.05) is 4.90 Å². The van der Waals surface area contributed by atoms with Crippen molar-refractivity contribution in [2.45, 2.75) is 31.2 Å². The van der Waals surface area contributed by atoms with Gasteiger partial charge in [0.05, 0.1) is 19.2 Å². The Balaban J connectivity index is 1.46. The summed E-state index contributed by atoms with van der Waals surface area (Å²) >= 11 is 0. The van der Waals surface area contributed by atoms with E-state index >= 15 is 0 Å². The van der Waals surface area contributed by atoms with Crippen LogP contribution >= 0.6 is 0 Å². The molecule has 2 heterocycles. The van der Waals surface area contributed by atoms with Gasteiger partial charge in [0.2, 0.25) is 0 Å². The van der Waals surface area contributed by atoms with Gasteiger partial charge < -0.3 is 14.7 Å². The van der Waals surface area contributed by atoms with Crippen molar-refractivity contribution >= 4 is 26.9 Å². The van der Waals surface area contributed by atoms with Gasteiger partial charge in [-0.15, -0.1) is 0 Å². The number of anilines is 1. The van der Waals surface area contributed by atoms with Gasteiger partial charge in [0.25, 0.3) is 10.2 Å². The van der Waals surface area contributed by atoms with Gasteiger partial charge in [-0.05, 0) is 18.9 Å². The highest BCUT2D eigenvalue weighted by Gasteiger charge is 2.56. The molecule has 14 heteroatoms. The lowest BCUT2D eigenvalue weighted by Crippen LogP contribution is -2.68. The van der Waals surface area contributed by atoms with Crippen LogP contribution in [0, 0.1) is 11.2 Å². The van der Waals surface area contributed by atoms with Crippen molar-refractivity contribution in [3.05, 3.63) is 24.3 Å². The minimum absolute atomic E-state index is 0.0493. The molecule has 1 aromatic carbocycles. The van der Waals surface area contributed by atoms with E-state index in [4.69, 9.17) is 9.88 Å². The Kier molecular flexibility index (Phi) is 5.47. The minimum atomic E-state index is -4.95. The van der Waals surface area contributed by atoms with Crippen LogP contribution in [0.15, 0.2) is 18.5 Å². The molecule has 176 valence electrons. The maximum absolute atomic E-state index is 14.2. The van der Waals surface area contributed by atoms with E-state index < -0.39 is 40.9 Å². The van der Waals surface area contributed by atoms with Crippen molar-refractivity contribution < 1.29 is 35.8 Å². The van der Waals surface area contributed by atoms with Crippen molar-refractivity contribution in [2.24, 2.45) is 10.6 Å². The van der Waals surface area contributed by atoms with Gasteiger partial charge in [0.1, 0.15) is 12.1 Å². The molecule has 1 atom stereocenters. The van der Waals surface area contributed by atoms with E-state index in [9.17, 15) is 31.1 Å². The van der Waals surface area contributed by atoms with Crippen molar-refractivity contribution in [2.75, 3.05) is 31.6 Å². The van der Waals surface area contributed by atoms with Crippen LogP contribution in [0.1, 0.15) is 12.8 Å². The summed E-state index contributed by atoms with van der Waals surface area (Å²) in [5.41, 5.74) is 0.168. The van der Waals surface area contributed by atoms with Gasteiger partial charge >= 0.3 is 6.18 Å². The molecule has 0 radical (unpaired) electrons. The number of rotatable bonds is 6. The third kappa shape index (κ3) is 4.07. The molecule has 3 N–H and O–H groups in total. The molecular formula is C18H21F4N5O4S. The van der Waals surface area contributed by atoms with Crippen LogP contribution in [0.2, 0.25) is 0 Å². The lowest BCUT2D eigenvalue weighted by molar-refractivity contribution is -0.207. The van der Waals surface area contributed by atoms with Gasteiger partial charge in [-0.2, -0.15) is 25.9 Å². The first-order chi connectivity index (χ1) is 14.8. The SMILES string of the molecule is COc1cc2ncnc(N3CC4(CC(N(CC(O)C(F)(F)F)S(N)(=O)=O)C4)C3)c2cc1F. The number of benzene rings is 1. The number of aromatic nitrogens is 2. The van der Waals surface area contributed by atoms with Crippen LogP contribution in [0.3, 0.4) is 0 Å². The van der Waals surface area contributed by atoms with E-state index in [1.54, 1.807) is 0 Å². The summed E-state index contributed by atoms with van der Waals surface area (Å²) in [6.45, 7) is -0.225. The van der Waals surface area contributed by atoms with Crippen LogP contribution in [-0.2, 0) is 10.2 Å². The number of halogens is 4. The Morgan fingerprint density at radius 3 is 2.56 bits per heavy atom. The molecule has 0 amide bonds. The third-order valence-electron chi connectivity index (χ3n) is 6.04. The second-order valence-electron chi connectivity index (χ2n) is 8.29. The normalized spacial score (nSPS) is 19.8. The largest absolute Gasteiger partial charge is 0.494 e. The summed E-state index contributed by atoms with van der Waals surface area (Å²) in [6, 6.07) is 1.99. The zero-order valence-corrected chi connectivity index (χ0v) is 17.7. The number of nitrogens with zero attached hydrogens (tertiary/aromatic N) is 4. The van der Waals surface area contributed by atoms with Crippen molar-refractivity contribution in [3.63, 3.8) is 0 Å². The van der Waals surface area contributed by atoms with Crippen molar-refractivity contribution in [3.8, 4) is 5.75 Å². The second-order valence-corrected chi connectivity index (χ2v) is 9.79. The second kappa shape index (κ2) is 7.64. The molecule has 1 saturated heterocycles. The first kappa shape index (κ1) is 22.9. The zero-order valence-electron chi connectivity index (χ0n) is 16.9. The van der Waals surface area contributed by atoms with Crippen LogP contribution in [0.5, 0.6) is 5.75 Å². The Hall–Kier alpha value is -2.29. The maximum Gasteiger partial charge on any atom is 0.415 e. The molecule has 1 spiro atoms. The van der Waals surface area contributed by atoms with Crippen LogP contribution in [0.25, 0.3) is 10.9 Å². The fraction of sp³-hybridized carbons (Fsp3) is 0.556. The molecule has 2 aliphatic rings. The standard InChI is InChI=1S/C18H21F4N5O4S/c1-31-14-3-13-11(2-12(14)19)16(25-9-24-13)26-7-17(8-26)4-10(5-17)27(32(23,29)30)6-15(28)18(20,21)22/h2-3,9-10,15,28H,4-8H2,1H3,(H2,23,29,30). The van der Waals surface area contributed by atoms with E-state index in [1.165, 1.54) is 25.6 Å².